The average Bonchev–Trinajstić information content (AvgIpc) is 2.19. The zero-order valence-corrected chi connectivity index (χ0v) is 9.43. The molecule has 1 rings (SSSR count). The van der Waals surface area contributed by atoms with Crippen LogP contribution in [0.5, 0.6) is 0 Å². The summed E-state index contributed by atoms with van der Waals surface area (Å²) in [6.07, 6.45) is 2.61. The molecule has 1 heterocycles. The van der Waals surface area contributed by atoms with Crippen molar-refractivity contribution in [2.24, 2.45) is 4.99 Å². The normalized spacial score (nSPS) is 22.9. The Balaban J connectivity index is 2.21. The summed E-state index contributed by atoms with van der Waals surface area (Å²) in [5.74, 6) is -0.127. The molecule has 0 aliphatic carbocycles. The molecule has 1 saturated heterocycles. The van der Waals surface area contributed by atoms with Gasteiger partial charge in [0.1, 0.15) is 0 Å². The Morgan fingerprint density at radius 1 is 1.62 bits per heavy atom. The summed E-state index contributed by atoms with van der Waals surface area (Å²) in [6.45, 7) is 9.10. The third-order valence-electron chi connectivity index (χ3n) is 2.49. The summed E-state index contributed by atoms with van der Waals surface area (Å²) < 4.78 is 5.64. The minimum Gasteiger partial charge on any atom is -0.350 e. The van der Waals surface area contributed by atoms with E-state index >= 15 is 0 Å². The van der Waals surface area contributed by atoms with Gasteiger partial charge in [-0.15, -0.1) is 0 Å². The second-order valence-electron chi connectivity index (χ2n) is 3.34. The van der Waals surface area contributed by atoms with E-state index in [-0.39, 0.29) is 5.97 Å². The first-order chi connectivity index (χ1) is 6.26. The fourth-order valence-electron chi connectivity index (χ4n) is 1.60. The third-order valence-corrected chi connectivity index (χ3v) is 2.86. The molecule has 2 atom stereocenters. The van der Waals surface area contributed by atoms with Crippen molar-refractivity contribution in [2.45, 2.75) is 31.8 Å². The van der Waals surface area contributed by atoms with Crippen molar-refractivity contribution in [1.82, 2.24) is 4.90 Å². The van der Waals surface area contributed by atoms with Crippen LogP contribution in [-0.4, -0.2) is 43.3 Å². The van der Waals surface area contributed by atoms with Crippen LogP contribution in [0.15, 0.2) is 4.99 Å². The molecule has 13 heavy (non-hydrogen) atoms. The Labute approximate surface area is 82.8 Å². The van der Waals surface area contributed by atoms with E-state index in [2.05, 4.69) is 32.8 Å². The van der Waals surface area contributed by atoms with Gasteiger partial charge < -0.3 is 9.64 Å². The number of aliphatic imine (C=N–C) groups is 1. The lowest BCUT2D eigenvalue weighted by molar-refractivity contribution is -0.00196. The lowest BCUT2D eigenvalue weighted by Gasteiger charge is -2.31. The summed E-state index contributed by atoms with van der Waals surface area (Å²) in [5, 5.41) is 0. The second-order valence-corrected chi connectivity index (χ2v) is 3.91. The molecule has 0 aromatic rings. The topological polar surface area (TPSA) is 24.8 Å². The van der Waals surface area contributed by atoms with Gasteiger partial charge in [0.25, 0.3) is 0 Å². The van der Waals surface area contributed by atoms with E-state index in [9.17, 15) is 0 Å². The number of likely N-dealkylation sites (tertiary alicyclic amines) is 1. The van der Waals surface area contributed by atoms with Crippen LogP contribution in [0.4, 0.5) is 0 Å². The maximum absolute atomic E-state index is 5.64. The van der Waals surface area contributed by atoms with Crippen molar-refractivity contribution in [3.8, 4) is 0 Å². The van der Waals surface area contributed by atoms with Crippen LogP contribution < -0.4 is 0 Å². The van der Waals surface area contributed by atoms with Crippen molar-refractivity contribution >= 4 is 16.0 Å². The predicted octanol–water partition coefficient (Wildman–Crippen LogP) is 1.35. The van der Waals surface area contributed by atoms with Crippen molar-refractivity contribution in [2.75, 3.05) is 19.6 Å². The Morgan fingerprint density at radius 2 is 2.23 bits per heavy atom. The molecule has 0 aromatic heterocycles. The maximum Gasteiger partial charge on any atom is 0.160 e. The molecular weight excluding hydrogens is 183 g/mol. The molecule has 4 heteroatoms. The first-order valence-corrected chi connectivity index (χ1v) is 5.52. The first-order valence-electron chi connectivity index (χ1n) is 4.85. The summed E-state index contributed by atoms with van der Waals surface area (Å²) in [6, 6.07) is 0. The highest BCUT2D eigenvalue weighted by atomic mass is 31.0. The highest BCUT2D eigenvalue weighted by Crippen LogP contribution is 2.17. The van der Waals surface area contributed by atoms with E-state index in [4.69, 9.17) is 4.74 Å². The van der Waals surface area contributed by atoms with Crippen LogP contribution in [0, 0.1) is 0 Å². The van der Waals surface area contributed by atoms with Crippen LogP contribution in [0.25, 0.3) is 0 Å². The lowest BCUT2D eigenvalue weighted by Crippen LogP contribution is -2.37. The molecule has 0 N–H and O–H groups in total. The van der Waals surface area contributed by atoms with E-state index < -0.39 is 0 Å². The van der Waals surface area contributed by atoms with Gasteiger partial charge in [-0.25, -0.2) is 0 Å². The fraction of sp³-hybridized carbons (Fsp3) is 0.889. The van der Waals surface area contributed by atoms with Gasteiger partial charge in [0.05, 0.1) is 6.10 Å². The maximum atomic E-state index is 5.64. The van der Waals surface area contributed by atoms with Crippen molar-refractivity contribution in [3.05, 3.63) is 0 Å². The van der Waals surface area contributed by atoms with Gasteiger partial charge in [0.2, 0.25) is 0 Å². The minimum atomic E-state index is -0.127. The molecule has 1 fully saturated rings. The van der Waals surface area contributed by atoms with E-state index in [0.717, 1.165) is 32.5 Å². The van der Waals surface area contributed by atoms with Gasteiger partial charge in [-0.2, -0.15) is 0 Å². The molecule has 0 bridgehead atoms. The molecule has 0 radical (unpaired) electrons. The molecule has 0 aromatic carbocycles. The average molecular weight is 202 g/mol. The highest BCUT2D eigenvalue weighted by Gasteiger charge is 2.19. The van der Waals surface area contributed by atoms with Crippen LogP contribution in [0.3, 0.4) is 0 Å². The van der Waals surface area contributed by atoms with Gasteiger partial charge in [-0.1, -0.05) is 16.2 Å². The number of nitrogens with zero attached hydrogens (tertiary/aromatic N) is 2. The molecule has 0 saturated carbocycles. The third kappa shape index (κ3) is 3.72. The number of rotatable bonds is 4. The van der Waals surface area contributed by atoms with Gasteiger partial charge in [0.15, 0.2) is 5.97 Å². The predicted molar refractivity (Wildman–Crippen MR) is 59.3 cm³/mol. The first kappa shape index (κ1) is 11.1. The molecule has 3 nitrogen and oxygen atoms in total. The van der Waals surface area contributed by atoms with E-state index in [1.807, 2.05) is 0 Å². The fourth-order valence-corrected chi connectivity index (χ4v) is 1.82. The molecule has 76 valence electrons. The number of ether oxygens (including phenoxy) is 1. The summed E-state index contributed by atoms with van der Waals surface area (Å²) in [5.41, 5.74) is 0. The second kappa shape index (κ2) is 5.69. The largest absolute Gasteiger partial charge is 0.350 e. The van der Waals surface area contributed by atoms with Crippen LogP contribution in [0.1, 0.15) is 19.8 Å². The highest BCUT2D eigenvalue weighted by molar-refractivity contribution is 7.17. The Hall–Kier alpha value is 0.0200. The van der Waals surface area contributed by atoms with Crippen LogP contribution >= 0.6 is 9.24 Å². The molecular formula is C9H19N2OP. The van der Waals surface area contributed by atoms with Crippen molar-refractivity contribution in [3.63, 3.8) is 0 Å². The zero-order valence-electron chi connectivity index (χ0n) is 8.28. The Kier molecular flexibility index (Phi) is 4.86. The van der Waals surface area contributed by atoms with E-state index in [1.54, 1.807) is 0 Å². The zero-order chi connectivity index (χ0) is 9.68. The summed E-state index contributed by atoms with van der Waals surface area (Å²) in [4.78, 5) is 6.24. The SMILES string of the molecule is C=NC(P)OC1CCN(CC)CC1. The van der Waals surface area contributed by atoms with E-state index in [1.165, 1.54) is 0 Å². The van der Waals surface area contributed by atoms with Crippen molar-refractivity contribution in [1.29, 1.82) is 0 Å². The molecule has 0 spiro atoms. The number of piperidine rings is 1. The lowest BCUT2D eigenvalue weighted by atomic mass is 10.1. The van der Waals surface area contributed by atoms with Gasteiger partial charge in [-0.05, 0) is 26.1 Å². The van der Waals surface area contributed by atoms with Crippen LogP contribution in [-0.2, 0) is 4.74 Å². The number of hydrogen-bond acceptors (Lipinski definition) is 3. The van der Waals surface area contributed by atoms with Gasteiger partial charge in [-0.3, -0.25) is 4.99 Å². The summed E-state index contributed by atoms with van der Waals surface area (Å²) in [7, 11) is 2.54. The van der Waals surface area contributed by atoms with Gasteiger partial charge in [0, 0.05) is 13.1 Å². The monoisotopic (exact) mass is 202 g/mol. The minimum absolute atomic E-state index is 0.127. The van der Waals surface area contributed by atoms with Crippen molar-refractivity contribution < 1.29 is 4.74 Å². The molecule has 0 amide bonds. The van der Waals surface area contributed by atoms with E-state index in [0.29, 0.717) is 6.10 Å². The molecule has 1 aliphatic heterocycles. The van der Waals surface area contributed by atoms with Crippen LogP contribution in [0.2, 0.25) is 0 Å². The quantitative estimate of drug-likeness (QED) is 0.507. The smallest absolute Gasteiger partial charge is 0.160 e. The molecule has 1 aliphatic rings. The Morgan fingerprint density at radius 3 is 2.69 bits per heavy atom. The molecule has 2 unspecified atom stereocenters. The Bertz CT molecular complexity index is 158. The van der Waals surface area contributed by atoms with Gasteiger partial charge >= 0.3 is 0 Å². The standard InChI is InChI=1S/C9H19N2OP/c1-3-11-6-4-8(5-7-11)12-9(13)10-2/h8-9H,2-7,13H2,1H3. The number of hydrogen-bond donors (Lipinski definition) is 0. The summed E-state index contributed by atoms with van der Waals surface area (Å²) >= 11 is 0.